The smallest absolute Gasteiger partial charge is 0.336 e. The number of carboxylic acids is 1. The third-order valence-electron chi connectivity index (χ3n) is 6.25. The Hall–Kier alpha value is -5.02. The van der Waals surface area contributed by atoms with E-state index in [1.54, 1.807) is 72.8 Å². The molecule has 0 unspecified atom stereocenters. The van der Waals surface area contributed by atoms with Crippen LogP contribution in [0, 0.1) is 0 Å². The van der Waals surface area contributed by atoms with Gasteiger partial charge in [0.25, 0.3) is 0 Å². The zero-order valence-electron chi connectivity index (χ0n) is 20.8. The van der Waals surface area contributed by atoms with E-state index in [1.165, 1.54) is 0 Å². The number of aliphatic carboxylic acids is 1. The average Bonchev–Trinajstić information content (AvgIpc) is 3.34. The quantitative estimate of drug-likeness (QED) is 0.130. The molecule has 1 aliphatic rings. The van der Waals surface area contributed by atoms with Gasteiger partial charge in [-0.3, -0.25) is 0 Å². The van der Waals surface area contributed by atoms with Gasteiger partial charge < -0.3 is 19.7 Å². The number of benzene rings is 3. The van der Waals surface area contributed by atoms with E-state index in [9.17, 15) is 9.90 Å². The minimum Gasteiger partial charge on any atom is -0.494 e. The van der Waals surface area contributed by atoms with Crippen molar-refractivity contribution in [2.75, 3.05) is 13.2 Å². The summed E-state index contributed by atoms with van der Waals surface area (Å²) in [5.41, 5.74) is 18.5. The Labute approximate surface area is 223 Å². The summed E-state index contributed by atoms with van der Waals surface area (Å²) in [6.07, 6.45) is -0.730. The Bertz CT molecular complexity index is 1460. The Kier molecular flexibility index (Phi) is 8.65. The molecular weight excluding hydrogens is 502 g/mol. The van der Waals surface area contributed by atoms with Gasteiger partial charge in [-0.15, -0.1) is 0 Å². The maximum atomic E-state index is 13.1. The van der Waals surface area contributed by atoms with Crippen LogP contribution in [0.5, 0.6) is 5.75 Å². The van der Waals surface area contributed by atoms with Crippen molar-refractivity contribution < 1.29 is 24.5 Å². The van der Waals surface area contributed by atoms with Crippen molar-refractivity contribution in [3.63, 3.8) is 0 Å². The highest BCUT2D eigenvalue weighted by Gasteiger charge is 2.54. The molecule has 3 aromatic rings. The predicted molar refractivity (Wildman–Crippen MR) is 143 cm³/mol. The zero-order valence-corrected chi connectivity index (χ0v) is 20.8. The molecule has 0 aromatic heterocycles. The molecule has 39 heavy (non-hydrogen) atoms. The van der Waals surface area contributed by atoms with Crippen LogP contribution in [-0.4, -0.2) is 40.8 Å². The second-order valence-electron chi connectivity index (χ2n) is 8.68. The summed E-state index contributed by atoms with van der Waals surface area (Å²) in [5.74, 6) is -0.542. The van der Waals surface area contributed by atoms with Crippen LogP contribution in [0.4, 0.5) is 5.69 Å². The number of azide groups is 2. The number of hydrogen-bond acceptors (Lipinski definition) is 7. The molecule has 0 saturated heterocycles. The van der Waals surface area contributed by atoms with Crippen molar-refractivity contribution in [1.82, 2.24) is 0 Å². The first-order chi connectivity index (χ1) is 19.0. The maximum absolute atomic E-state index is 13.1. The van der Waals surface area contributed by atoms with Crippen molar-refractivity contribution in [3.05, 3.63) is 116 Å². The molecule has 2 atom stereocenters. The molecule has 4 rings (SSSR count). The van der Waals surface area contributed by atoms with E-state index >= 15 is 0 Å². The van der Waals surface area contributed by atoms with Crippen molar-refractivity contribution in [2.45, 2.75) is 31.0 Å². The Balaban J connectivity index is 1.82. The molecule has 0 fully saturated rings. The Morgan fingerprint density at radius 1 is 1.03 bits per heavy atom. The predicted octanol–water partition coefficient (Wildman–Crippen LogP) is 5.78. The van der Waals surface area contributed by atoms with E-state index < -0.39 is 17.6 Å². The number of aliphatic hydroxyl groups excluding tert-OH is 1. The maximum Gasteiger partial charge on any atom is 0.336 e. The number of carboxylic acid groups (broad SMARTS) is 1. The lowest BCUT2D eigenvalue weighted by molar-refractivity contribution is -0.146. The van der Waals surface area contributed by atoms with Crippen LogP contribution in [0.2, 0.25) is 0 Å². The molecule has 0 bridgehead atoms. The Morgan fingerprint density at radius 3 is 2.44 bits per heavy atom. The van der Waals surface area contributed by atoms with Crippen LogP contribution in [-0.2, 0) is 22.5 Å². The van der Waals surface area contributed by atoms with Crippen LogP contribution < -0.4 is 4.74 Å². The number of carbonyl (C=O) groups is 1. The van der Waals surface area contributed by atoms with Gasteiger partial charge >= 0.3 is 5.97 Å². The molecule has 0 aliphatic carbocycles. The minimum absolute atomic E-state index is 0.00719. The molecule has 1 heterocycles. The molecule has 12 heteroatoms. The Morgan fingerprint density at radius 2 is 1.74 bits per heavy atom. The van der Waals surface area contributed by atoms with Gasteiger partial charge in [0.05, 0.1) is 13.2 Å². The summed E-state index contributed by atoms with van der Waals surface area (Å²) < 4.78 is 11.9. The van der Waals surface area contributed by atoms with Crippen LogP contribution in [0.15, 0.2) is 88.0 Å². The molecule has 198 valence electrons. The minimum atomic E-state index is -1.83. The highest BCUT2D eigenvalue weighted by molar-refractivity contribution is 5.99. The van der Waals surface area contributed by atoms with Crippen molar-refractivity contribution in [1.29, 1.82) is 0 Å². The molecule has 0 spiro atoms. The van der Waals surface area contributed by atoms with Crippen molar-refractivity contribution >= 4 is 17.6 Å². The molecule has 12 nitrogen and oxygen atoms in total. The van der Waals surface area contributed by atoms with Gasteiger partial charge in [0, 0.05) is 40.5 Å². The molecule has 0 amide bonds. The van der Waals surface area contributed by atoms with Crippen LogP contribution >= 0.6 is 0 Å². The number of aliphatic hydroxyl groups is 1. The van der Waals surface area contributed by atoms with Crippen LogP contribution in [0.3, 0.4) is 0 Å². The molecule has 1 aliphatic heterocycles. The summed E-state index contributed by atoms with van der Waals surface area (Å²) in [4.78, 5) is 23.4. The second-order valence-corrected chi connectivity index (χ2v) is 8.68. The largest absolute Gasteiger partial charge is 0.494 e. The molecule has 0 radical (unpaired) electrons. The fourth-order valence-corrected chi connectivity index (χ4v) is 4.38. The average molecular weight is 528 g/mol. The fourth-order valence-electron chi connectivity index (χ4n) is 4.38. The lowest BCUT2D eigenvalue weighted by Gasteiger charge is -2.29. The number of rotatable bonds is 12. The van der Waals surface area contributed by atoms with E-state index in [1.807, 2.05) is 0 Å². The van der Waals surface area contributed by atoms with Gasteiger partial charge in [-0.05, 0) is 52.0 Å². The van der Waals surface area contributed by atoms with Gasteiger partial charge in [-0.1, -0.05) is 58.8 Å². The summed E-state index contributed by atoms with van der Waals surface area (Å²) in [6, 6.07) is 20.5. The van der Waals surface area contributed by atoms with Crippen molar-refractivity contribution in [3.8, 4) is 5.75 Å². The first-order valence-electron chi connectivity index (χ1n) is 12.1. The fraction of sp³-hybridized carbons (Fsp3) is 0.259. The van der Waals surface area contributed by atoms with Crippen LogP contribution in [0.25, 0.3) is 20.9 Å². The van der Waals surface area contributed by atoms with Gasteiger partial charge in [-0.2, -0.15) is 0 Å². The molecular formula is C27H25N7O5. The molecule has 3 aromatic carbocycles. The number of hydrogen-bond donors (Lipinski definition) is 2. The van der Waals surface area contributed by atoms with Gasteiger partial charge in [0.1, 0.15) is 5.75 Å². The lowest BCUT2D eigenvalue weighted by atomic mass is 9.81. The first-order valence-corrected chi connectivity index (χ1v) is 12.1. The highest BCUT2D eigenvalue weighted by atomic mass is 16.5. The summed E-state index contributed by atoms with van der Waals surface area (Å²) in [6.45, 7) is 0.363. The van der Waals surface area contributed by atoms with Gasteiger partial charge in [0.15, 0.2) is 6.10 Å². The molecule has 2 N–H and O–H groups in total. The lowest BCUT2D eigenvalue weighted by Crippen LogP contribution is -2.43. The third-order valence-corrected chi connectivity index (χ3v) is 6.25. The summed E-state index contributed by atoms with van der Waals surface area (Å²) in [5, 5.41) is 27.0. The standard InChI is InChI=1S/C27H25N7O5/c28-33-30-17-20-7-1-3-8-22(20)24-27(26(36)37,16-19-6-2-4-9-23(19)32-34-29)31-25(39-24)18-10-12-21(13-11-18)38-15-5-14-35/h1-4,6-13,24,35H,5,14-17H2,(H,36,37)/t24-,27-/m1/s1. The van der Waals surface area contributed by atoms with Gasteiger partial charge in [-0.25, -0.2) is 9.79 Å². The zero-order chi connectivity index (χ0) is 27.7. The third kappa shape index (κ3) is 5.94. The molecule has 0 saturated carbocycles. The number of aliphatic imine (C=N–C) groups is 1. The summed E-state index contributed by atoms with van der Waals surface area (Å²) in [7, 11) is 0. The number of ether oxygens (including phenoxy) is 2. The highest BCUT2D eigenvalue weighted by Crippen LogP contribution is 2.44. The number of nitrogens with zero attached hydrogens (tertiary/aromatic N) is 7. The van der Waals surface area contributed by atoms with E-state index in [4.69, 9.17) is 25.6 Å². The van der Waals surface area contributed by atoms with Gasteiger partial charge in [0.2, 0.25) is 11.4 Å². The van der Waals surface area contributed by atoms with Crippen LogP contribution in [0.1, 0.15) is 34.8 Å². The first kappa shape index (κ1) is 27.0. The summed E-state index contributed by atoms with van der Waals surface area (Å²) >= 11 is 0. The topological polar surface area (TPSA) is 186 Å². The van der Waals surface area contributed by atoms with E-state index in [2.05, 4.69) is 25.0 Å². The second kappa shape index (κ2) is 12.5. The normalized spacial score (nSPS) is 17.8. The monoisotopic (exact) mass is 527 g/mol. The van der Waals surface area contributed by atoms with E-state index in [0.29, 0.717) is 41.0 Å². The van der Waals surface area contributed by atoms with E-state index in [-0.39, 0.29) is 31.2 Å². The van der Waals surface area contributed by atoms with E-state index in [0.717, 1.165) is 0 Å². The SMILES string of the molecule is [N-]=[N+]=NCc1ccccc1[C@H]1OC(c2ccc(OCCCO)cc2)=N[C@@]1(Cc1ccccc1N=[N+]=[N-])C(=O)O. The van der Waals surface area contributed by atoms with Crippen molar-refractivity contribution in [2.24, 2.45) is 15.2 Å².